The standard InChI is InChI=1S/C18H26N4O3S2/c1-5-7-19-14(23)6-8-20-16(24)12(4)26-9-13-21-17(25)15-10(2)11(3)27-18(15)22-13/h12H,5-9H2,1-4H3,(H,19,23)(H,20,24)(H,21,22,25). The van der Waals surface area contributed by atoms with Crippen LogP contribution in [-0.4, -0.2) is 40.1 Å². The molecule has 0 radical (unpaired) electrons. The van der Waals surface area contributed by atoms with Gasteiger partial charge in [0.15, 0.2) is 0 Å². The van der Waals surface area contributed by atoms with Gasteiger partial charge in [0.05, 0.1) is 16.4 Å². The average molecular weight is 411 g/mol. The normalized spacial score (nSPS) is 12.1. The maximum Gasteiger partial charge on any atom is 0.259 e. The molecule has 1 atom stereocenters. The quantitative estimate of drug-likeness (QED) is 0.588. The zero-order chi connectivity index (χ0) is 20.0. The molecule has 0 aliphatic rings. The van der Waals surface area contributed by atoms with E-state index < -0.39 is 0 Å². The molecule has 0 bridgehead atoms. The number of carbonyl (C=O) groups is 2. The molecule has 0 saturated heterocycles. The maximum absolute atomic E-state index is 12.3. The molecule has 2 heterocycles. The number of carbonyl (C=O) groups excluding carboxylic acids is 2. The van der Waals surface area contributed by atoms with Crippen molar-refractivity contribution in [1.82, 2.24) is 20.6 Å². The Balaban J connectivity index is 1.85. The lowest BCUT2D eigenvalue weighted by Crippen LogP contribution is -2.35. The Morgan fingerprint density at radius 1 is 1.26 bits per heavy atom. The highest BCUT2D eigenvalue weighted by Gasteiger charge is 2.16. The van der Waals surface area contributed by atoms with Crippen LogP contribution in [0.5, 0.6) is 0 Å². The average Bonchev–Trinajstić information content (AvgIpc) is 2.92. The van der Waals surface area contributed by atoms with Gasteiger partial charge in [-0.1, -0.05) is 6.92 Å². The molecule has 0 aromatic carbocycles. The number of nitrogens with zero attached hydrogens (tertiary/aromatic N) is 1. The molecule has 2 rings (SSSR count). The molecule has 0 saturated carbocycles. The molecule has 7 nitrogen and oxygen atoms in total. The van der Waals surface area contributed by atoms with Gasteiger partial charge in [0.25, 0.3) is 5.56 Å². The van der Waals surface area contributed by atoms with Gasteiger partial charge in [-0.2, -0.15) is 0 Å². The van der Waals surface area contributed by atoms with Gasteiger partial charge in [-0.3, -0.25) is 14.4 Å². The number of nitrogens with one attached hydrogen (secondary N) is 3. The van der Waals surface area contributed by atoms with Crippen LogP contribution in [0.2, 0.25) is 0 Å². The fourth-order valence-electron chi connectivity index (χ4n) is 2.44. The van der Waals surface area contributed by atoms with E-state index in [1.165, 1.54) is 23.1 Å². The molecule has 2 amide bonds. The zero-order valence-corrected chi connectivity index (χ0v) is 17.7. The molecule has 0 spiro atoms. The number of rotatable bonds is 9. The number of aromatic amines is 1. The third kappa shape index (κ3) is 5.80. The molecule has 27 heavy (non-hydrogen) atoms. The zero-order valence-electron chi connectivity index (χ0n) is 16.1. The van der Waals surface area contributed by atoms with Crippen LogP contribution in [0.1, 0.15) is 43.0 Å². The van der Waals surface area contributed by atoms with E-state index in [1.54, 1.807) is 6.92 Å². The predicted octanol–water partition coefficient (Wildman–Crippen LogP) is 2.26. The van der Waals surface area contributed by atoms with E-state index in [0.29, 0.717) is 30.1 Å². The molecule has 0 fully saturated rings. The van der Waals surface area contributed by atoms with Gasteiger partial charge in [0.2, 0.25) is 11.8 Å². The first-order chi connectivity index (χ1) is 12.8. The molecule has 1 unspecified atom stereocenters. The minimum atomic E-state index is -0.309. The number of amides is 2. The SMILES string of the molecule is CCCNC(=O)CCNC(=O)C(C)SCc1nc2sc(C)c(C)c2c(=O)[nH]1. The van der Waals surface area contributed by atoms with Crippen molar-refractivity contribution in [3.8, 4) is 0 Å². The Labute approximate surface area is 166 Å². The van der Waals surface area contributed by atoms with Crippen LogP contribution in [-0.2, 0) is 15.3 Å². The first-order valence-corrected chi connectivity index (χ1v) is 10.8. The number of fused-ring (bicyclic) bond motifs is 1. The monoisotopic (exact) mass is 410 g/mol. The molecule has 3 N–H and O–H groups in total. The lowest BCUT2D eigenvalue weighted by molar-refractivity contribution is -0.122. The van der Waals surface area contributed by atoms with Crippen molar-refractivity contribution >= 4 is 45.1 Å². The highest BCUT2D eigenvalue weighted by molar-refractivity contribution is 7.99. The summed E-state index contributed by atoms with van der Waals surface area (Å²) < 4.78 is 0. The molecule has 9 heteroatoms. The van der Waals surface area contributed by atoms with Crippen molar-refractivity contribution in [3.63, 3.8) is 0 Å². The van der Waals surface area contributed by atoms with Crippen molar-refractivity contribution in [1.29, 1.82) is 0 Å². The number of thiophene rings is 1. The molecule has 0 aliphatic heterocycles. The molecule has 2 aromatic heterocycles. The summed E-state index contributed by atoms with van der Waals surface area (Å²) >= 11 is 2.91. The summed E-state index contributed by atoms with van der Waals surface area (Å²) in [5.74, 6) is 0.813. The Hall–Kier alpha value is -1.87. The minimum absolute atomic E-state index is 0.0610. The van der Waals surface area contributed by atoms with E-state index in [-0.39, 0.29) is 29.0 Å². The van der Waals surface area contributed by atoms with Gasteiger partial charge in [0.1, 0.15) is 10.7 Å². The first-order valence-electron chi connectivity index (χ1n) is 8.98. The van der Waals surface area contributed by atoms with Gasteiger partial charge >= 0.3 is 0 Å². The third-order valence-corrected chi connectivity index (χ3v) is 6.41. The van der Waals surface area contributed by atoms with Gasteiger partial charge in [-0.25, -0.2) is 4.98 Å². The third-order valence-electron chi connectivity index (χ3n) is 4.15. The number of hydrogen-bond donors (Lipinski definition) is 3. The van der Waals surface area contributed by atoms with Gasteiger partial charge in [0, 0.05) is 24.4 Å². The highest BCUT2D eigenvalue weighted by atomic mass is 32.2. The molecule has 0 aliphatic carbocycles. The molecule has 2 aromatic rings. The smallest absolute Gasteiger partial charge is 0.259 e. The summed E-state index contributed by atoms with van der Waals surface area (Å²) in [6.45, 7) is 8.65. The minimum Gasteiger partial charge on any atom is -0.356 e. The fourth-order valence-corrected chi connectivity index (χ4v) is 4.27. The summed E-state index contributed by atoms with van der Waals surface area (Å²) in [7, 11) is 0. The predicted molar refractivity (Wildman–Crippen MR) is 111 cm³/mol. The lowest BCUT2D eigenvalue weighted by atomic mass is 10.2. The summed E-state index contributed by atoms with van der Waals surface area (Å²) in [5, 5.41) is 5.88. The summed E-state index contributed by atoms with van der Waals surface area (Å²) in [6.07, 6.45) is 1.16. The van der Waals surface area contributed by atoms with Crippen molar-refractivity contribution < 1.29 is 9.59 Å². The van der Waals surface area contributed by atoms with Crippen molar-refractivity contribution in [2.75, 3.05) is 13.1 Å². The largest absolute Gasteiger partial charge is 0.356 e. The van der Waals surface area contributed by atoms with Crippen LogP contribution >= 0.6 is 23.1 Å². The summed E-state index contributed by atoms with van der Waals surface area (Å²) in [6, 6.07) is 0. The number of aryl methyl sites for hydroxylation is 2. The molecular weight excluding hydrogens is 384 g/mol. The summed E-state index contributed by atoms with van der Waals surface area (Å²) in [4.78, 5) is 45.1. The second kappa shape index (κ2) is 9.89. The van der Waals surface area contributed by atoms with E-state index in [2.05, 4.69) is 20.6 Å². The van der Waals surface area contributed by atoms with E-state index in [9.17, 15) is 14.4 Å². The van der Waals surface area contributed by atoms with E-state index in [0.717, 1.165) is 21.7 Å². The van der Waals surface area contributed by atoms with Crippen molar-refractivity contribution in [2.24, 2.45) is 0 Å². The van der Waals surface area contributed by atoms with Crippen LogP contribution in [0, 0.1) is 13.8 Å². The molecule has 148 valence electrons. The lowest BCUT2D eigenvalue weighted by Gasteiger charge is -2.11. The topological polar surface area (TPSA) is 104 Å². The van der Waals surface area contributed by atoms with Gasteiger partial charge in [-0.05, 0) is 32.8 Å². The van der Waals surface area contributed by atoms with Crippen LogP contribution in [0.3, 0.4) is 0 Å². The Morgan fingerprint density at radius 3 is 2.70 bits per heavy atom. The Bertz CT molecular complexity index is 875. The first kappa shape index (κ1) is 21.4. The van der Waals surface area contributed by atoms with Gasteiger partial charge in [-0.15, -0.1) is 23.1 Å². The number of thioether (sulfide) groups is 1. The highest BCUT2D eigenvalue weighted by Crippen LogP contribution is 2.26. The second-order valence-corrected chi connectivity index (χ2v) is 8.85. The van der Waals surface area contributed by atoms with Crippen LogP contribution < -0.4 is 16.2 Å². The van der Waals surface area contributed by atoms with E-state index in [4.69, 9.17) is 0 Å². The fraction of sp³-hybridized carbons (Fsp3) is 0.556. The maximum atomic E-state index is 12.3. The molecular formula is C18H26N4O3S2. The van der Waals surface area contributed by atoms with Crippen LogP contribution in [0.15, 0.2) is 4.79 Å². The van der Waals surface area contributed by atoms with Gasteiger partial charge < -0.3 is 15.6 Å². The van der Waals surface area contributed by atoms with Crippen molar-refractivity contribution in [2.45, 2.75) is 51.5 Å². The van der Waals surface area contributed by atoms with Crippen LogP contribution in [0.25, 0.3) is 10.2 Å². The second-order valence-electron chi connectivity index (χ2n) is 6.32. The summed E-state index contributed by atoms with van der Waals surface area (Å²) in [5.41, 5.74) is 0.839. The Kier molecular flexibility index (Phi) is 7.85. The number of aromatic nitrogens is 2. The number of H-pyrrole nitrogens is 1. The van der Waals surface area contributed by atoms with E-state index in [1.807, 2.05) is 20.8 Å². The van der Waals surface area contributed by atoms with E-state index >= 15 is 0 Å². The number of hydrogen-bond acceptors (Lipinski definition) is 6. The van der Waals surface area contributed by atoms with Crippen LogP contribution in [0.4, 0.5) is 0 Å². The van der Waals surface area contributed by atoms with Crippen molar-refractivity contribution in [3.05, 3.63) is 26.6 Å². The Morgan fingerprint density at radius 2 is 2.00 bits per heavy atom.